The summed E-state index contributed by atoms with van der Waals surface area (Å²) >= 11 is 5.80. The molecule has 0 aliphatic carbocycles. The van der Waals surface area contributed by atoms with Gasteiger partial charge in [-0.25, -0.2) is 0 Å². The van der Waals surface area contributed by atoms with Crippen LogP contribution in [0.15, 0.2) is 91.0 Å². The largest absolute Gasteiger partial charge is 0.212 e. The van der Waals surface area contributed by atoms with E-state index in [2.05, 4.69) is 91.0 Å². The van der Waals surface area contributed by atoms with Crippen LogP contribution in [0.25, 0.3) is 0 Å². The normalized spacial score (nSPS) is 11.4. The Balaban J connectivity index is 1.79. The standard InChI is InChI=1S/C20H19P2S/c23-22(20-14-8-3-9-15-20)17-16-21(18-10-4-1-5-11-18)19-12-6-2-7-13-19/h1-15H,16-17H2/q+1. The Hall–Kier alpha value is -1.39. The van der Waals surface area contributed by atoms with Crippen LogP contribution < -0.4 is 15.9 Å². The van der Waals surface area contributed by atoms with Crippen LogP contribution in [-0.4, -0.2) is 12.3 Å². The SMILES string of the molecule is S=[P+](CCP(c1ccccc1)c1ccccc1)c1ccccc1. The van der Waals surface area contributed by atoms with Crippen molar-refractivity contribution in [3.05, 3.63) is 91.0 Å². The van der Waals surface area contributed by atoms with Crippen LogP contribution in [-0.2, 0) is 11.8 Å². The fourth-order valence-electron chi connectivity index (χ4n) is 2.54. The Bertz CT molecular complexity index is 703. The van der Waals surface area contributed by atoms with Crippen molar-refractivity contribution in [1.29, 1.82) is 0 Å². The summed E-state index contributed by atoms with van der Waals surface area (Å²) in [6.45, 7) is -0.489. The van der Waals surface area contributed by atoms with Crippen molar-refractivity contribution >= 4 is 42.3 Å². The topological polar surface area (TPSA) is 0 Å². The Labute approximate surface area is 145 Å². The zero-order valence-corrected chi connectivity index (χ0v) is 15.5. The maximum atomic E-state index is 5.80. The predicted octanol–water partition coefficient (Wildman–Crippen LogP) is 4.39. The van der Waals surface area contributed by atoms with Crippen molar-refractivity contribution < 1.29 is 0 Å². The quantitative estimate of drug-likeness (QED) is 0.593. The van der Waals surface area contributed by atoms with Gasteiger partial charge in [0.05, 0.1) is 0 Å². The Morgan fingerprint density at radius 1 is 0.652 bits per heavy atom. The first-order valence-corrected chi connectivity index (χ1v) is 11.8. The highest BCUT2D eigenvalue weighted by Crippen LogP contribution is 2.36. The van der Waals surface area contributed by atoms with E-state index >= 15 is 0 Å². The molecule has 1 unspecified atom stereocenters. The lowest BCUT2D eigenvalue weighted by Crippen LogP contribution is -2.15. The van der Waals surface area contributed by atoms with Gasteiger partial charge >= 0.3 is 0 Å². The molecule has 114 valence electrons. The maximum absolute atomic E-state index is 5.80. The zero-order chi connectivity index (χ0) is 15.9. The molecule has 0 spiro atoms. The Morgan fingerprint density at radius 2 is 1.09 bits per heavy atom. The highest BCUT2D eigenvalue weighted by atomic mass is 32.4. The van der Waals surface area contributed by atoms with Gasteiger partial charge in [0.15, 0.2) is 17.1 Å². The first-order chi connectivity index (χ1) is 11.3. The zero-order valence-electron chi connectivity index (χ0n) is 12.9. The molecule has 0 saturated heterocycles. The molecule has 0 amide bonds. The molecule has 3 aromatic rings. The van der Waals surface area contributed by atoms with E-state index in [0.29, 0.717) is 0 Å². The summed E-state index contributed by atoms with van der Waals surface area (Å²) in [5.41, 5.74) is 0. The van der Waals surface area contributed by atoms with E-state index in [1.165, 1.54) is 15.9 Å². The molecule has 0 radical (unpaired) electrons. The lowest BCUT2D eigenvalue weighted by atomic mass is 10.4. The van der Waals surface area contributed by atoms with Gasteiger partial charge < -0.3 is 0 Å². The second-order valence-electron chi connectivity index (χ2n) is 5.26. The molecular formula is C20H19P2S+. The summed E-state index contributed by atoms with van der Waals surface area (Å²) in [6, 6.07) is 32.4. The number of hydrogen-bond donors (Lipinski definition) is 0. The lowest BCUT2D eigenvalue weighted by molar-refractivity contribution is 1.52. The van der Waals surface area contributed by atoms with E-state index in [0.717, 1.165) is 12.3 Å². The van der Waals surface area contributed by atoms with Gasteiger partial charge in [0.1, 0.15) is 6.16 Å². The molecule has 0 fully saturated rings. The van der Waals surface area contributed by atoms with Crippen LogP contribution in [0.2, 0.25) is 0 Å². The third-order valence-corrected chi connectivity index (χ3v) is 9.26. The molecular weight excluding hydrogens is 334 g/mol. The predicted molar refractivity (Wildman–Crippen MR) is 109 cm³/mol. The third-order valence-electron chi connectivity index (χ3n) is 3.71. The highest BCUT2D eigenvalue weighted by molar-refractivity contribution is 8.08. The Morgan fingerprint density at radius 3 is 1.57 bits per heavy atom. The van der Waals surface area contributed by atoms with Gasteiger partial charge in [0.25, 0.3) is 0 Å². The van der Waals surface area contributed by atoms with E-state index in [4.69, 9.17) is 11.8 Å². The van der Waals surface area contributed by atoms with E-state index in [-0.39, 0.29) is 7.92 Å². The van der Waals surface area contributed by atoms with E-state index in [1.54, 1.807) is 0 Å². The van der Waals surface area contributed by atoms with Crippen LogP contribution in [0.4, 0.5) is 0 Å². The molecule has 0 bridgehead atoms. The molecule has 3 aromatic carbocycles. The maximum Gasteiger partial charge on any atom is 0.212 e. The minimum atomic E-state index is -0.489. The second-order valence-corrected chi connectivity index (χ2v) is 10.6. The molecule has 0 heterocycles. The van der Waals surface area contributed by atoms with Crippen molar-refractivity contribution in [2.24, 2.45) is 0 Å². The van der Waals surface area contributed by atoms with Gasteiger partial charge in [0.2, 0.25) is 6.70 Å². The number of rotatable bonds is 6. The molecule has 0 aromatic heterocycles. The first-order valence-electron chi connectivity index (χ1n) is 7.72. The van der Waals surface area contributed by atoms with Crippen LogP contribution in [0.1, 0.15) is 0 Å². The summed E-state index contributed by atoms with van der Waals surface area (Å²) in [4.78, 5) is 0. The Kier molecular flexibility index (Phi) is 6.06. The molecule has 23 heavy (non-hydrogen) atoms. The van der Waals surface area contributed by atoms with Crippen molar-refractivity contribution in [2.45, 2.75) is 0 Å². The summed E-state index contributed by atoms with van der Waals surface area (Å²) < 4.78 is 0. The average Bonchev–Trinajstić information content (AvgIpc) is 2.64. The van der Waals surface area contributed by atoms with Crippen LogP contribution in [0.3, 0.4) is 0 Å². The summed E-state index contributed by atoms with van der Waals surface area (Å²) in [5.74, 6) is 0. The molecule has 0 nitrogen and oxygen atoms in total. The fraction of sp³-hybridized carbons (Fsp3) is 0.100. The molecule has 0 saturated carbocycles. The van der Waals surface area contributed by atoms with E-state index in [1.807, 2.05) is 0 Å². The van der Waals surface area contributed by atoms with Gasteiger partial charge in [-0.1, -0.05) is 78.9 Å². The molecule has 0 aliphatic heterocycles. The number of benzene rings is 3. The van der Waals surface area contributed by atoms with Gasteiger partial charge in [-0.2, -0.15) is 0 Å². The van der Waals surface area contributed by atoms with Crippen LogP contribution in [0, 0.1) is 0 Å². The molecule has 1 atom stereocenters. The summed E-state index contributed by atoms with van der Waals surface area (Å²) in [5, 5.41) is 4.22. The van der Waals surface area contributed by atoms with Crippen molar-refractivity contribution in [3.63, 3.8) is 0 Å². The van der Waals surface area contributed by atoms with E-state index < -0.39 is 6.70 Å². The van der Waals surface area contributed by atoms with E-state index in [9.17, 15) is 0 Å². The molecule has 0 aliphatic rings. The second kappa shape index (κ2) is 8.46. The molecule has 3 rings (SSSR count). The molecule has 0 N–H and O–H groups in total. The third kappa shape index (κ3) is 4.55. The number of hydrogen-bond acceptors (Lipinski definition) is 1. The monoisotopic (exact) mass is 353 g/mol. The van der Waals surface area contributed by atoms with Gasteiger partial charge in [-0.15, -0.1) is 0 Å². The van der Waals surface area contributed by atoms with Gasteiger partial charge in [0, 0.05) is 6.16 Å². The lowest BCUT2D eigenvalue weighted by Gasteiger charge is -2.16. The first kappa shape index (κ1) is 16.5. The van der Waals surface area contributed by atoms with Crippen molar-refractivity contribution in [3.8, 4) is 0 Å². The average molecular weight is 353 g/mol. The minimum Gasteiger partial charge on any atom is -0.0622 e. The van der Waals surface area contributed by atoms with Crippen LogP contribution in [0.5, 0.6) is 0 Å². The highest BCUT2D eigenvalue weighted by Gasteiger charge is 2.19. The van der Waals surface area contributed by atoms with Crippen molar-refractivity contribution in [1.82, 2.24) is 0 Å². The fourth-order valence-corrected chi connectivity index (χ4v) is 7.81. The summed E-state index contributed by atoms with van der Waals surface area (Å²) in [7, 11) is -0.324. The van der Waals surface area contributed by atoms with Crippen LogP contribution >= 0.6 is 14.6 Å². The van der Waals surface area contributed by atoms with Gasteiger partial charge in [-0.3, -0.25) is 0 Å². The molecule has 3 heteroatoms. The summed E-state index contributed by atoms with van der Waals surface area (Å²) in [6.07, 6.45) is 2.26. The van der Waals surface area contributed by atoms with Crippen molar-refractivity contribution in [2.75, 3.05) is 12.3 Å². The smallest absolute Gasteiger partial charge is 0.0622 e. The minimum absolute atomic E-state index is 0.324. The van der Waals surface area contributed by atoms with Gasteiger partial charge in [-0.05, 0) is 30.7 Å².